The highest BCUT2D eigenvalue weighted by atomic mass is 16.6. The van der Waals surface area contributed by atoms with E-state index in [-0.39, 0.29) is 28.8 Å². The summed E-state index contributed by atoms with van der Waals surface area (Å²) in [5.41, 5.74) is -0.916. The van der Waals surface area contributed by atoms with Gasteiger partial charge in [0.1, 0.15) is 6.10 Å². The fourth-order valence-corrected chi connectivity index (χ4v) is 6.40. The minimum Gasteiger partial charge on any atom is -0.455 e. The summed E-state index contributed by atoms with van der Waals surface area (Å²) in [5.74, 6) is -2.63. The Kier molecular flexibility index (Phi) is 4.85. The van der Waals surface area contributed by atoms with E-state index in [1.807, 2.05) is 20.8 Å². The second-order valence-corrected chi connectivity index (χ2v) is 10.0. The molecule has 168 valence electrons. The van der Waals surface area contributed by atoms with E-state index in [0.29, 0.717) is 12.8 Å². The standard InChI is InChI=1S/C24H30O7/c1-10-7-8-23(6)16(12(10)3)18(27)20(30-13(4)25)15-17(23)19(28)22(31-14(5)26)24(21(15)29)9-11(24)2/h10-11,16,18,20,22,27H,3,7-9H2,1-2,4-6H3/t10-,11+,16-,18+,20+,22+,23+,24-/m1/s1. The quantitative estimate of drug-likeness (QED) is 0.529. The van der Waals surface area contributed by atoms with Crippen molar-refractivity contribution < 1.29 is 33.8 Å². The number of esters is 2. The van der Waals surface area contributed by atoms with Crippen LogP contribution in [0.4, 0.5) is 0 Å². The normalized spacial score (nSPS) is 44.0. The number of hydrogen-bond acceptors (Lipinski definition) is 7. The van der Waals surface area contributed by atoms with Gasteiger partial charge in [0.05, 0.1) is 5.41 Å². The van der Waals surface area contributed by atoms with E-state index in [9.17, 15) is 24.3 Å². The van der Waals surface area contributed by atoms with Crippen molar-refractivity contribution in [2.75, 3.05) is 0 Å². The molecule has 0 heterocycles. The molecule has 0 bridgehead atoms. The fourth-order valence-electron chi connectivity index (χ4n) is 6.40. The Morgan fingerprint density at radius 1 is 1.13 bits per heavy atom. The first-order chi connectivity index (χ1) is 14.4. The maximum Gasteiger partial charge on any atom is 0.303 e. The Balaban J connectivity index is 1.97. The zero-order valence-corrected chi connectivity index (χ0v) is 18.7. The van der Waals surface area contributed by atoms with E-state index in [2.05, 4.69) is 6.58 Å². The van der Waals surface area contributed by atoms with Gasteiger partial charge in [0.25, 0.3) is 0 Å². The molecule has 0 amide bonds. The number of ether oxygens (including phenoxy) is 2. The molecular formula is C24H30O7. The van der Waals surface area contributed by atoms with E-state index < -0.39 is 52.8 Å². The lowest BCUT2D eigenvalue weighted by Crippen LogP contribution is -2.61. The molecule has 1 spiro atoms. The molecule has 1 N–H and O–H groups in total. The molecule has 0 saturated heterocycles. The molecule has 4 aliphatic rings. The number of ketones is 2. The van der Waals surface area contributed by atoms with Crippen LogP contribution >= 0.6 is 0 Å². The highest BCUT2D eigenvalue weighted by molar-refractivity contribution is 6.20. The lowest BCUT2D eigenvalue weighted by atomic mass is 9.50. The molecule has 2 saturated carbocycles. The van der Waals surface area contributed by atoms with Crippen molar-refractivity contribution in [2.24, 2.45) is 28.6 Å². The predicted molar refractivity (Wildman–Crippen MR) is 110 cm³/mol. The maximum atomic E-state index is 13.9. The number of aliphatic hydroxyl groups is 1. The molecule has 4 aliphatic carbocycles. The number of hydrogen-bond donors (Lipinski definition) is 1. The van der Waals surface area contributed by atoms with Crippen LogP contribution in [0.25, 0.3) is 0 Å². The monoisotopic (exact) mass is 430 g/mol. The highest BCUT2D eigenvalue weighted by Gasteiger charge is 2.73. The van der Waals surface area contributed by atoms with Crippen LogP contribution in [0, 0.1) is 28.6 Å². The van der Waals surface area contributed by atoms with E-state index in [1.54, 1.807) is 0 Å². The van der Waals surface area contributed by atoms with Gasteiger partial charge in [-0.1, -0.05) is 32.9 Å². The van der Waals surface area contributed by atoms with Gasteiger partial charge in [-0.3, -0.25) is 19.2 Å². The van der Waals surface area contributed by atoms with E-state index in [0.717, 1.165) is 12.0 Å². The average molecular weight is 430 g/mol. The van der Waals surface area contributed by atoms with Crippen LogP contribution in [0.15, 0.2) is 23.3 Å². The molecule has 7 heteroatoms. The summed E-state index contributed by atoms with van der Waals surface area (Å²) in [6, 6.07) is 0. The van der Waals surface area contributed by atoms with Gasteiger partial charge in [0.15, 0.2) is 18.0 Å². The molecule has 31 heavy (non-hydrogen) atoms. The van der Waals surface area contributed by atoms with Gasteiger partial charge >= 0.3 is 11.9 Å². The van der Waals surface area contributed by atoms with Crippen molar-refractivity contribution in [3.8, 4) is 0 Å². The summed E-state index contributed by atoms with van der Waals surface area (Å²) in [6.45, 7) is 12.3. The SMILES string of the molecule is C=C1[C@H](C)CC[C@]2(C)C3=C(C(=O)[C@]4(C[C@@H]4C)[C@@H](OC(C)=O)C3=O)[C@H](OC(C)=O)[C@@H](O)[C@@H]12. The zero-order chi connectivity index (χ0) is 23.0. The second-order valence-electron chi connectivity index (χ2n) is 10.0. The van der Waals surface area contributed by atoms with Gasteiger partial charge < -0.3 is 14.6 Å². The van der Waals surface area contributed by atoms with Gasteiger partial charge in [-0.2, -0.15) is 0 Å². The van der Waals surface area contributed by atoms with E-state index in [1.165, 1.54) is 13.8 Å². The van der Waals surface area contributed by atoms with E-state index >= 15 is 0 Å². The number of rotatable bonds is 2. The summed E-state index contributed by atoms with van der Waals surface area (Å²) in [7, 11) is 0. The Morgan fingerprint density at radius 2 is 1.71 bits per heavy atom. The smallest absolute Gasteiger partial charge is 0.303 e. The Labute approximate surface area is 181 Å². The van der Waals surface area contributed by atoms with Crippen molar-refractivity contribution in [1.82, 2.24) is 0 Å². The van der Waals surface area contributed by atoms with Gasteiger partial charge in [0.2, 0.25) is 5.78 Å². The summed E-state index contributed by atoms with van der Waals surface area (Å²) in [5, 5.41) is 11.4. The first-order valence-electron chi connectivity index (χ1n) is 10.9. The minimum absolute atomic E-state index is 0.0848. The van der Waals surface area contributed by atoms with Gasteiger partial charge in [0, 0.05) is 36.3 Å². The van der Waals surface area contributed by atoms with Crippen molar-refractivity contribution in [1.29, 1.82) is 0 Å². The summed E-state index contributed by atoms with van der Waals surface area (Å²) < 4.78 is 10.9. The molecule has 0 unspecified atom stereocenters. The molecule has 0 aromatic heterocycles. The third-order valence-electron chi connectivity index (χ3n) is 8.15. The van der Waals surface area contributed by atoms with Crippen LogP contribution in [0.1, 0.15) is 53.9 Å². The third kappa shape index (κ3) is 2.81. The zero-order valence-electron chi connectivity index (χ0n) is 18.7. The minimum atomic E-state index is -1.24. The molecule has 4 rings (SSSR count). The van der Waals surface area contributed by atoms with Crippen LogP contribution in [-0.4, -0.2) is 46.9 Å². The molecule has 7 nitrogen and oxygen atoms in total. The lowest BCUT2D eigenvalue weighted by molar-refractivity contribution is -0.166. The first kappa shape index (κ1) is 21.9. The largest absolute Gasteiger partial charge is 0.455 e. The van der Waals surface area contributed by atoms with Crippen LogP contribution < -0.4 is 0 Å². The Bertz CT molecular complexity index is 946. The maximum absolute atomic E-state index is 13.9. The predicted octanol–water partition coefficient (Wildman–Crippen LogP) is 2.31. The number of fused-ring (bicyclic) bond motifs is 2. The first-order valence-corrected chi connectivity index (χ1v) is 10.9. The van der Waals surface area contributed by atoms with Gasteiger partial charge in [-0.05, 0) is 31.1 Å². The van der Waals surface area contributed by atoms with Crippen molar-refractivity contribution in [2.45, 2.75) is 72.2 Å². The lowest BCUT2D eigenvalue weighted by Gasteiger charge is -2.55. The topological polar surface area (TPSA) is 107 Å². The van der Waals surface area contributed by atoms with Crippen LogP contribution in [-0.2, 0) is 28.7 Å². The van der Waals surface area contributed by atoms with Crippen molar-refractivity contribution >= 4 is 23.5 Å². The molecule has 0 aromatic rings. The second kappa shape index (κ2) is 6.86. The van der Waals surface area contributed by atoms with E-state index in [4.69, 9.17) is 9.47 Å². The molecule has 0 radical (unpaired) electrons. The van der Waals surface area contributed by atoms with Crippen molar-refractivity contribution in [3.05, 3.63) is 23.3 Å². The van der Waals surface area contributed by atoms with Crippen LogP contribution in [0.5, 0.6) is 0 Å². The van der Waals surface area contributed by atoms with Gasteiger partial charge in [-0.15, -0.1) is 0 Å². The highest BCUT2D eigenvalue weighted by Crippen LogP contribution is 2.65. The molecule has 0 aliphatic heterocycles. The molecular weight excluding hydrogens is 400 g/mol. The molecule has 2 fully saturated rings. The Morgan fingerprint density at radius 3 is 2.23 bits per heavy atom. The molecule has 0 aromatic carbocycles. The van der Waals surface area contributed by atoms with Crippen LogP contribution in [0.2, 0.25) is 0 Å². The third-order valence-corrected chi connectivity index (χ3v) is 8.15. The summed E-state index contributed by atoms with van der Waals surface area (Å²) in [4.78, 5) is 51.5. The van der Waals surface area contributed by atoms with Gasteiger partial charge in [-0.25, -0.2) is 0 Å². The number of Topliss-reactive ketones (excluding diaryl/α,β-unsaturated/α-hetero) is 2. The number of aliphatic hydroxyl groups excluding tert-OH is 1. The average Bonchev–Trinajstić information content (AvgIpc) is 3.34. The molecule has 8 atom stereocenters. The number of carbonyl (C=O) groups is 4. The summed E-state index contributed by atoms with van der Waals surface area (Å²) in [6.07, 6.45) is -1.91. The Hall–Kier alpha value is -2.28. The van der Waals surface area contributed by atoms with Crippen molar-refractivity contribution in [3.63, 3.8) is 0 Å². The summed E-state index contributed by atoms with van der Waals surface area (Å²) >= 11 is 0. The fraction of sp³-hybridized carbons (Fsp3) is 0.667. The van der Waals surface area contributed by atoms with Crippen LogP contribution in [0.3, 0.4) is 0 Å². The number of carbonyl (C=O) groups excluding carboxylic acids is 4.